The van der Waals surface area contributed by atoms with Gasteiger partial charge in [0.1, 0.15) is 11.7 Å². The molecular formula is C24H29NO6. The Labute approximate surface area is 182 Å². The van der Waals surface area contributed by atoms with E-state index in [1.807, 2.05) is 38.1 Å². The lowest BCUT2D eigenvalue weighted by molar-refractivity contribution is -0.151. The zero-order valence-electron chi connectivity index (χ0n) is 18.6. The second-order valence-electron chi connectivity index (χ2n) is 7.76. The Bertz CT molecular complexity index is 961. The van der Waals surface area contributed by atoms with Crippen LogP contribution in [-0.2, 0) is 23.9 Å². The quantitative estimate of drug-likeness (QED) is 0.550. The van der Waals surface area contributed by atoms with Crippen molar-refractivity contribution >= 4 is 17.7 Å². The van der Waals surface area contributed by atoms with Gasteiger partial charge in [-0.15, -0.1) is 0 Å². The van der Waals surface area contributed by atoms with Gasteiger partial charge in [0.25, 0.3) is 0 Å². The molecule has 0 bridgehead atoms. The van der Waals surface area contributed by atoms with Crippen molar-refractivity contribution < 1.29 is 28.6 Å². The Morgan fingerprint density at radius 1 is 1.19 bits per heavy atom. The first-order chi connectivity index (χ1) is 14.8. The van der Waals surface area contributed by atoms with E-state index in [0.717, 1.165) is 11.3 Å². The van der Waals surface area contributed by atoms with E-state index in [0.29, 0.717) is 35.6 Å². The maximum absolute atomic E-state index is 13.6. The minimum atomic E-state index is -0.912. The number of allylic oxidation sites excluding steroid dienone is 3. The van der Waals surface area contributed by atoms with E-state index in [1.54, 1.807) is 13.8 Å². The first-order valence-corrected chi connectivity index (χ1v) is 10.6. The molecule has 1 heterocycles. The molecule has 1 N–H and O–H groups in total. The molecule has 31 heavy (non-hydrogen) atoms. The zero-order chi connectivity index (χ0) is 22.7. The summed E-state index contributed by atoms with van der Waals surface area (Å²) in [5.74, 6) is -2.54. The number of hydrogen-bond acceptors (Lipinski definition) is 7. The van der Waals surface area contributed by atoms with Crippen molar-refractivity contribution in [3.05, 3.63) is 52.4 Å². The summed E-state index contributed by atoms with van der Waals surface area (Å²) in [6.07, 6.45) is 0.496. The van der Waals surface area contributed by atoms with Gasteiger partial charge < -0.3 is 19.5 Å². The van der Waals surface area contributed by atoms with Crippen LogP contribution in [0.4, 0.5) is 0 Å². The molecule has 0 fully saturated rings. The molecule has 1 aliphatic carbocycles. The third-order valence-electron chi connectivity index (χ3n) is 5.74. The topological polar surface area (TPSA) is 90.9 Å². The van der Waals surface area contributed by atoms with Gasteiger partial charge in [-0.1, -0.05) is 19.1 Å². The van der Waals surface area contributed by atoms with Crippen LogP contribution in [0, 0.1) is 11.8 Å². The Kier molecular flexibility index (Phi) is 6.83. The van der Waals surface area contributed by atoms with Crippen LogP contribution in [0.5, 0.6) is 5.75 Å². The molecule has 0 unspecified atom stereocenters. The van der Waals surface area contributed by atoms with Gasteiger partial charge in [0.15, 0.2) is 5.78 Å². The van der Waals surface area contributed by atoms with Crippen molar-refractivity contribution in [2.45, 2.75) is 40.0 Å². The highest BCUT2D eigenvalue weighted by atomic mass is 16.5. The number of rotatable bonds is 6. The molecule has 0 amide bonds. The number of nitrogens with one attached hydrogen (secondary N) is 1. The average Bonchev–Trinajstić information content (AvgIpc) is 2.73. The third kappa shape index (κ3) is 4.22. The van der Waals surface area contributed by atoms with E-state index in [2.05, 4.69) is 5.32 Å². The van der Waals surface area contributed by atoms with Gasteiger partial charge in [-0.3, -0.25) is 9.59 Å². The van der Waals surface area contributed by atoms with E-state index in [9.17, 15) is 14.4 Å². The minimum absolute atomic E-state index is 0.211. The van der Waals surface area contributed by atoms with E-state index in [-0.39, 0.29) is 18.3 Å². The summed E-state index contributed by atoms with van der Waals surface area (Å²) in [6.45, 7) is 7.98. The van der Waals surface area contributed by atoms with E-state index in [4.69, 9.17) is 14.2 Å². The normalized spacial score (nSPS) is 23.1. The van der Waals surface area contributed by atoms with Gasteiger partial charge >= 0.3 is 11.9 Å². The highest BCUT2D eigenvalue weighted by molar-refractivity contribution is 6.12. The Balaban J connectivity index is 2.19. The molecule has 166 valence electrons. The number of benzene rings is 1. The Morgan fingerprint density at radius 2 is 1.94 bits per heavy atom. The van der Waals surface area contributed by atoms with Gasteiger partial charge in [0.05, 0.1) is 25.9 Å². The molecule has 1 aromatic carbocycles. The molecule has 0 radical (unpaired) electrons. The number of ether oxygens (including phenoxy) is 3. The number of ketones is 1. The minimum Gasteiger partial charge on any atom is -0.494 e. The summed E-state index contributed by atoms with van der Waals surface area (Å²) in [5.41, 5.74) is 2.88. The fourth-order valence-electron chi connectivity index (χ4n) is 4.44. The highest BCUT2D eigenvalue weighted by Crippen LogP contribution is 2.45. The molecule has 1 aliphatic heterocycles. The molecule has 3 rings (SSSR count). The van der Waals surface area contributed by atoms with E-state index < -0.39 is 23.8 Å². The summed E-state index contributed by atoms with van der Waals surface area (Å²) in [7, 11) is 1.28. The van der Waals surface area contributed by atoms with Gasteiger partial charge in [-0.2, -0.15) is 0 Å². The van der Waals surface area contributed by atoms with Crippen LogP contribution in [0.1, 0.15) is 45.6 Å². The average molecular weight is 427 g/mol. The van der Waals surface area contributed by atoms with Crippen LogP contribution >= 0.6 is 0 Å². The molecule has 0 spiro atoms. The number of dihydropyridines is 1. The summed E-state index contributed by atoms with van der Waals surface area (Å²) in [6, 6.07) is 7.34. The Morgan fingerprint density at radius 3 is 2.58 bits per heavy atom. The summed E-state index contributed by atoms with van der Waals surface area (Å²) in [5, 5.41) is 3.24. The van der Waals surface area contributed by atoms with E-state index >= 15 is 0 Å². The lowest BCUT2D eigenvalue weighted by Gasteiger charge is -2.38. The Hall–Kier alpha value is -3.09. The molecular weight excluding hydrogens is 398 g/mol. The van der Waals surface area contributed by atoms with Crippen LogP contribution in [-0.4, -0.2) is 38.0 Å². The number of carbonyl (C=O) groups is 3. The van der Waals surface area contributed by atoms with Gasteiger partial charge in [-0.05, 0) is 50.8 Å². The molecule has 2 aliphatic rings. The van der Waals surface area contributed by atoms with Crippen molar-refractivity contribution in [1.29, 1.82) is 0 Å². The lowest BCUT2D eigenvalue weighted by Crippen LogP contribution is -2.43. The maximum Gasteiger partial charge on any atom is 0.336 e. The highest BCUT2D eigenvalue weighted by Gasteiger charge is 2.47. The fraction of sp³-hybridized carbons (Fsp3) is 0.458. The molecule has 1 aromatic rings. The maximum atomic E-state index is 13.6. The molecule has 0 aromatic heterocycles. The number of hydrogen-bond donors (Lipinski definition) is 1. The van der Waals surface area contributed by atoms with Gasteiger partial charge in [0, 0.05) is 22.9 Å². The van der Waals surface area contributed by atoms with Crippen LogP contribution < -0.4 is 10.1 Å². The van der Waals surface area contributed by atoms with Crippen molar-refractivity contribution in [2.75, 3.05) is 20.3 Å². The number of esters is 2. The van der Waals surface area contributed by atoms with Crippen LogP contribution in [0.15, 0.2) is 46.8 Å². The summed E-state index contributed by atoms with van der Waals surface area (Å²) >= 11 is 0. The smallest absolute Gasteiger partial charge is 0.336 e. The van der Waals surface area contributed by atoms with Crippen LogP contribution in [0.2, 0.25) is 0 Å². The molecule has 7 nitrogen and oxygen atoms in total. The first kappa shape index (κ1) is 22.6. The number of methoxy groups -OCH3 is 1. The van der Waals surface area contributed by atoms with Crippen LogP contribution in [0.3, 0.4) is 0 Å². The SMILES string of the molecule is CCOC(=O)C1=C(C)NC2=C(C(=O)[C@@H](C(=O)OC)[C@@H](C)C2)[C@H]1c1cccc(OCC)c1. The molecule has 0 saturated carbocycles. The monoisotopic (exact) mass is 427 g/mol. The van der Waals surface area contributed by atoms with Gasteiger partial charge in [-0.25, -0.2) is 4.79 Å². The standard InChI is InChI=1S/C24H29NO6/c1-6-30-16-10-8-9-15(12-16)20-19(24(28)31-7-2)14(4)25-17-11-13(3)18(23(27)29-5)22(26)21(17)20/h8-10,12-13,18,20,25H,6-7,11H2,1-5H3/t13-,18-,20-/m0/s1. The molecule has 0 saturated heterocycles. The largest absolute Gasteiger partial charge is 0.494 e. The van der Waals surface area contributed by atoms with Crippen molar-refractivity contribution in [1.82, 2.24) is 5.32 Å². The lowest BCUT2D eigenvalue weighted by atomic mass is 9.69. The predicted octanol–water partition coefficient (Wildman–Crippen LogP) is 3.26. The molecule has 3 atom stereocenters. The third-order valence-corrected chi connectivity index (χ3v) is 5.74. The number of Topliss-reactive ketones (excluding diaryl/α,β-unsaturated/α-hetero) is 1. The van der Waals surface area contributed by atoms with Crippen molar-refractivity contribution in [2.24, 2.45) is 11.8 Å². The number of carbonyl (C=O) groups excluding carboxylic acids is 3. The molecule has 7 heteroatoms. The van der Waals surface area contributed by atoms with E-state index in [1.165, 1.54) is 7.11 Å². The van der Waals surface area contributed by atoms with Crippen molar-refractivity contribution in [3.8, 4) is 5.75 Å². The second-order valence-corrected chi connectivity index (χ2v) is 7.76. The van der Waals surface area contributed by atoms with Crippen LogP contribution in [0.25, 0.3) is 0 Å². The predicted molar refractivity (Wildman–Crippen MR) is 114 cm³/mol. The summed E-state index contributed by atoms with van der Waals surface area (Å²) in [4.78, 5) is 39.0. The first-order valence-electron chi connectivity index (χ1n) is 10.6. The van der Waals surface area contributed by atoms with Gasteiger partial charge in [0.2, 0.25) is 0 Å². The second kappa shape index (κ2) is 9.37. The fourth-order valence-corrected chi connectivity index (χ4v) is 4.44. The van der Waals surface area contributed by atoms with Crippen molar-refractivity contribution in [3.63, 3.8) is 0 Å². The zero-order valence-corrected chi connectivity index (χ0v) is 18.6. The summed E-state index contributed by atoms with van der Waals surface area (Å²) < 4.78 is 15.9.